The van der Waals surface area contributed by atoms with E-state index in [1.54, 1.807) is 0 Å². The fraction of sp³-hybridized carbons (Fsp3) is 0.500. The van der Waals surface area contributed by atoms with Gasteiger partial charge in [-0.05, 0) is 36.7 Å². The Labute approximate surface area is 102 Å². The summed E-state index contributed by atoms with van der Waals surface area (Å²) in [5.41, 5.74) is 1.40. The summed E-state index contributed by atoms with van der Waals surface area (Å²) < 4.78 is 0. The van der Waals surface area contributed by atoms with E-state index >= 15 is 0 Å². The number of carbonyl (C=O) groups excluding carboxylic acids is 1. The van der Waals surface area contributed by atoms with Gasteiger partial charge in [0.15, 0.2) is 0 Å². The Morgan fingerprint density at radius 2 is 2.00 bits per heavy atom. The third kappa shape index (κ3) is 2.78. The summed E-state index contributed by atoms with van der Waals surface area (Å²) in [4.78, 5) is 11.4. The van der Waals surface area contributed by atoms with Crippen molar-refractivity contribution in [3.05, 3.63) is 35.9 Å². The Balaban J connectivity index is 1.41. The molecule has 3 nitrogen and oxygen atoms in total. The minimum atomic E-state index is 0.00575. The minimum absolute atomic E-state index is 0.00575. The molecule has 17 heavy (non-hydrogen) atoms. The smallest absolute Gasteiger partial charge is 0.315 e. The van der Waals surface area contributed by atoms with Crippen molar-refractivity contribution >= 4 is 6.03 Å². The van der Waals surface area contributed by atoms with Crippen LogP contribution >= 0.6 is 0 Å². The van der Waals surface area contributed by atoms with E-state index in [2.05, 4.69) is 34.9 Å². The molecule has 0 spiro atoms. The highest BCUT2D eigenvalue weighted by Crippen LogP contribution is 2.46. The van der Waals surface area contributed by atoms with Gasteiger partial charge in [0, 0.05) is 12.6 Å². The van der Waals surface area contributed by atoms with Gasteiger partial charge in [0.1, 0.15) is 0 Å². The topological polar surface area (TPSA) is 41.1 Å². The number of benzene rings is 1. The van der Waals surface area contributed by atoms with Crippen LogP contribution in [0.5, 0.6) is 0 Å². The summed E-state index contributed by atoms with van der Waals surface area (Å²) in [6, 6.07) is 11.0. The molecule has 0 aliphatic heterocycles. The number of rotatable bonds is 4. The van der Waals surface area contributed by atoms with Gasteiger partial charge in [0.25, 0.3) is 0 Å². The van der Waals surface area contributed by atoms with Crippen molar-refractivity contribution in [2.75, 3.05) is 6.54 Å². The molecule has 2 N–H and O–H groups in total. The summed E-state index contributed by atoms with van der Waals surface area (Å²) in [5, 5.41) is 5.91. The van der Waals surface area contributed by atoms with Crippen LogP contribution in [0.25, 0.3) is 0 Å². The molecule has 0 saturated heterocycles. The van der Waals surface area contributed by atoms with Crippen molar-refractivity contribution in [2.45, 2.75) is 31.2 Å². The van der Waals surface area contributed by atoms with Crippen LogP contribution in [-0.2, 0) is 0 Å². The molecule has 2 amide bonds. The molecule has 0 bridgehead atoms. The van der Waals surface area contributed by atoms with Crippen LogP contribution in [-0.4, -0.2) is 18.6 Å². The van der Waals surface area contributed by atoms with Gasteiger partial charge in [-0.15, -0.1) is 0 Å². The van der Waals surface area contributed by atoms with E-state index in [1.165, 1.54) is 12.0 Å². The quantitative estimate of drug-likeness (QED) is 0.818. The minimum Gasteiger partial charge on any atom is -0.338 e. The van der Waals surface area contributed by atoms with Crippen LogP contribution in [0.3, 0.4) is 0 Å². The average Bonchev–Trinajstić information content (AvgIpc) is 3.23. The van der Waals surface area contributed by atoms with Crippen LogP contribution in [0.2, 0.25) is 0 Å². The van der Waals surface area contributed by atoms with E-state index < -0.39 is 0 Å². The Morgan fingerprint density at radius 3 is 2.71 bits per heavy atom. The second kappa shape index (κ2) is 4.40. The van der Waals surface area contributed by atoms with Crippen LogP contribution in [0.1, 0.15) is 30.7 Å². The van der Waals surface area contributed by atoms with Crippen LogP contribution in [0.15, 0.2) is 30.3 Å². The maximum absolute atomic E-state index is 11.4. The lowest BCUT2D eigenvalue weighted by molar-refractivity contribution is 0.240. The molecule has 1 aromatic rings. The van der Waals surface area contributed by atoms with E-state index in [1.807, 2.05) is 6.07 Å². The van der Waals surface area contributed by atoms with Gasteiger partial charge >= 0.3 is 6.03 Å². The lowest BCUT2D eigenvalue weighted by atomic mass is 10.1. The van der Waals surface area contributed by atoms with Crippen LogP contribution < -0.4 is 10.6 Å². The fourth-order valence-corrected chi connectivity index (χ4v) is 2.27. The lowest BCUT2D eigenvalue weighted by Crippen LogP contribution is -2.37. The molecule has 2 atom stereocenters. The molecule has 0 aromatic heterocycles. The van der Waals surface area contributed by atoms with E-state index in [4.69, 9.17) is 0 Å². The zero-order valence-corrected chi connectivity index (χ0v) is 9.86. The van der Waals surface area contributed by atoms with E-state index in [0.29, 0.717) is 17.9 Å². The highest BCUT2D eigenvalue weighted by molar-refractivity contribution is 5.74. The first kappa shape index (κ1) is 10.6. The fourth-order valence-electron chi connectivity index (χ4n) is 2.27. The zero-order chi connectivity index (χ0) is 11.7. The highest BCUT2D eigenvalue weighted by atomic mass is 16.2. The highest BCUT2D eigenvalue weighted by Gasteiger charge is 2.38. The molecule has 0 heterocycles. The molecule has 90 valence electrons. The van der Waals surface area contributed by atoms with E-state index in [9.17, 15) is 4.79 Å². The third-order valence-corrected chi connectivity index (χ3v) is 3.59. The predicted molar refractivity (Wildman–Crippen MR) is 66.8 cm³/mol. The SMILES string of the molecule is O=C(NC[C@@H]1C[C@H]1c1ccccc1)NC1CC1. The monoisotopic (exact) mass is 230 g/mol. The molecule has 3 rings (SSSR count). The van der Waals surface area contributed by atoms with Gasteiger partial charge in [-0.3, -0.25) is 0 Å². The first-order valence-electron chi connectivity index (χ1n) is 6.42. The van der Waals surface area contributed by atoms with Gasteiger partial charge in [-0.1, -0.05) is 30.3 Å². The van der Waals surface area contributed by atoms with Gasteiger partial charge in [-0.25, -0.2) is 4.79 Å². The van der Waals surface area contributed by atoms with Gasteiger partial charge in [0.05, 0.1) is 0 Å². The summed E-state index contributed by atoms with van der Waals surface area (Å²) in [7, 11) is 0. The molecule has 3 heteroatoms. The lowest BCUT2D eigenvalue weighted by Gasteiger charge is -2.06. The second-order valence-corrected chi connectivity index (χ2v) is 5.14. The largest absolute Gasteiger partial charge is 0.338 e. The molecule has 2 fully saturated rings. The number of amides is 2. The maximum atomic E-state index is 11.4. The second-order valence-electron chi connectivity index (χ2n) is 5.14. The van der Waals surface area contributed by atoms with Crippen molar-refractivity contribution in [3.63, 3.8) is 0 Å². The number of urea groups is 1. The van der Waals surface area contributed by atoms with Crippen molar-refractivity contribution in [1.29, 1.82) is 0 Å². The third-order valence-electron chi connectivity index (χ3n) is 3.59. The number of hydrogen-bond donors (Lipinski definition) is 2. The molecule has 0 radical (unpaired) electrons. The average molecular weight is 230 g/mol. The molecule has 2 aliphatic carbocycles. The Hall–Kier alpha value is -1.51. The summed E-state index contributed by atoms with van der Waals surface area (Å²) in [5.74, 6) is 1.28. The standard InChI is InChI=1S/C14H18N2O/c17-14(16-12-6-7-12)15-9-11-8-13(11)10-4-2-1-3-5-10/h1-5,11-13H,6-9H2,(H2,15,16,17)/t11-,13-/m0/s1. The van der Waals surface area contributed by atoms with Crippen LogP contribution in [0.4, 0.5) is 4.79 Å². The molecule has 0 unspecified atom stereocenters. The van der Waals surface area contributed by atoms with Crippen molar-refractivity contribution in [3.8, 4) is 0 Å². The van der Waals surface area contributed by atoms with Crippen molar-refractivity contribution in [2.24, 2.45) is 5.92 Å². The predicted octanol–water partition coefficient (Wildman–Crippen LogP) is 2.25. The van der Waals surface area contributed by atoms with E-state index in [-0.39, 0.29) is 6.03 Å². The molecular weight excluding hydrogens is 212 g/mol. The first-order chi connectivity index (χ1) is 8.33. The summed E-state index contributed by atoms with van der Waals surface area (Å²) in [6.45, 7) is 0.804. The number of nitrogens with one attached hydrogen (secondary N) is 2. The Kier molecular flexibility index (Phi) is 2.75. The van der Waals surface area contributed by atoms with Crippen LogP contribution in [0, 0.1) is 5.92 Å². The molecule has 2 aliphatic rings. The molecule has 1 aromatic carbocycles. The normalized spacial score (nSPS) is 26.4. The molecule has 2 saturated carbocycles. The van der Waals surface area contributed by atoms with E-state index in [0.717, 1.165) is 19.4 Å². The van der Waals surface area contributed by atoms with Gasteiger partial charge in [-0.2, -0.15) is 0 Å². The van der Waals surface area contributed by atoms with Crippen molar-refractivity contribution in [1.82, 2.24) is 10.6 Å². The van der Waals surface area contributed by atoms with Gasteiger partial charge in [0.2, 0.25) is 0 Å². The summed E-state index contributed by atoms with van der Waals surface area (Å²) in [6.07, 6.45) is 3.49. The number of carbonyl (C=O) groups is 1. The van der Waals surface area contributed by atoms with Crippen molar-refractivity contribution < 1.29 is 4.79 Å². The number of hydrogen-bond acceptors (Lipinski definition) is 1. The Bertz CT molecular complexity index is 400. The first-order valence-corrected chi connectivity index (χ1v) is 6.42. The Morgan fingerprint density at radius 1 is 1.24 bits per heavy atom. The molecular formula is C14H18N2O. The summed E-state index contributed by atoms with van der Waals surface area (Å²) >= 11 is 0. The zero-order valence-electron chi connectivity index (χ0n) is 9.86. The maximum Gasteiger partial charge on any atom is 0.315 e. The van der Waals surface area contributed by atoms with Gasteiger partial charge < -0.3 is 10.6 Å².